The first-order chi connectivity index (χ1) is 14.2. The van der Waals surface area contributed by atoms with Crippen molar-refractivity contribution in [2.24, 2.45) is 0 Å². The number of unbranched alkanes of at least 4 members (excludes halogenated alkanes) is 1. The summed E-state index contributed by atoms with van der Waals surface area (Å²) in [7, 11) is 0. The van der Waals surface area contributed by atoms with Crippen LogP contribution in [0.15, 0.2) is 64.8 Å². The van der Waals surface area contributed by atoms with Gasteiger partial charge in [0.05, 0.1) is 11.5 Å². The summed E-state index contributed by atoms with van der Waals surface area (Å²) in [5.41, 5.74) is 2.17. The van der Waals surface area contributed by atoms with Crippen molar-refractivity contribution in [1.29, 1.82) is 5.26 Å². The van der Waals surface area contributed by atoms with Crippen LogP contribution in [0.25, 0.3) is 21.3 Å². The molecule has 0 atom stereocenters. The Morgan fingerprint density at radius 2 is 1.86 bits per heavy atom. The number of hydrogen-bond donors (Lipinski definition) is 0. The van der Waals surface area contributed by atoms with Crippen molar-refractivity contribution in [2.45, 2.75) is 25.8 Å². The van der Waals surface area contributed by atoms with Gasteiger partial charge in [-0.1, -0.05) is 48.5 Å². The first-order valence-electron chi connectivity index (χ1n) is 9.35. The zero-order valence-electron chi connectivity index (χ0n) is 15.6. The van der Waals surface area contributed by atoms with Gasteiger partial charge in [-0.05, 0) is 23.6 Å². The van der Waals surface area contributed by atoms with Crippen molar-refractivity contribution in [1.82, 2.24) is 9.55 Å². The minimum Gasteiger partial charge on any atom is -0.296 e. The lowest BCUT2D eigenvalue weighted by Gasteiger charge is -2.13. The van der Waals surface area contributed by atoms with Crippen molar-refractivity contribution in [3.05, 3.63) is 87.5 Å². The Bertz CT molecular complexity index is 1250. The molecule has 0 radical (unpaired) electrons. The Balaban J connectivity index is 1.87. The van der Waals surface area contributed by atoms with Gasteiger partial charge in [0.1, 0.15) is 16.5 Å². The standard InChI is InChI=1S/C23H18FN3OS/c24-19-11-5-4-10-17(19)14-20-26-22-21(23(28)27(20)13-7-6-12-25)18(15-29-22)16-8-2-1-3-9-16/h1-5,8-11,15H,6-7,13-14H2. The Morgan fingerprint density at radius 3 is 2.62 bits per heavy atom. The van der Waals surface area contributed by atoms with E-state index in [0.29, 0.717) is 41.0 Å². The fraction of sp³-hybridized carbons (Fsp3) is 0.174. The van der Waals surface area contributed by atoms with Gasteiger partial charge in [0.15, 0.2) is 0 Å². The average molecular weight is 403 g/mol. The van der Waals surface area contributed by atoms with Gasteiger partial charge in [-0.3, -0.25) is 9.36 Å². The summed E-state index contributed by atoms with van der Waals surface area (Å²) in [6.45, 7) is 0.378. The highest BCUT2D eigenvalue weighted by Gasteiger charge is 2.18. The Morgan fingerprint density at radius 1 is 1.10 bits per heavy atom. The first kappa shape index (κ1) is 19.0. The number of halogens is 1. The lowest BCUT2D eigenvalue weighted by Crippen LogP contribution is -2.25. The molecule has 0 saturated heterocycles. The van der Waals surface area contributed by atoms with E-state index >= 15 is 0 Å². The van der Waals surface area contributed by atoms with Crippen molar-refractivity contribution >= 4 is 21.6 Å². The molecular weight excluding hydrogens is 385 g/mol. The summed E-state index contributed by atoms with van der Waals surface area (Å²) < 4.78 is 15.8. The molecule has 4 aromatic rings. The largest absolute Gasteiger partial charge is 0.296 e. The zero-order chi connectivity index (χ0) is 20.2. The third-order valence-corrected chi connectivity index (χ3v) is 5.71. The van der Waals surface area contributed by atoms with Crippen molar-refractivity contribution in [3.63, 3.8) is 0 Å². The summed E-state index contributed by atoms with van der Waals surface area (Å²) in [6.07, 6.45) is 1.11. The molecule has 4 rings (SSSR count). The summed E-state index contributed by atoms with van der Waals surface area (Å²) in [6, 6.07) is 18.4. The van der Waals surface area contributed by atoms with Crippen LogP contribution >= 0.6 is 11.3 Å². The molecule has 6 heteroatoms. The maximum Gasteiger partial charge on any atom is 0.262 e. The molecule has 0 aliphatic heterocycles. The van der Waals surface area contributed by atoms with Crippen molar-refractivity contribution in [2.75, 3.05) is 0 Å². The van der Waals surface area contributed by atoms with Gasteiger partial charge in [-0.2, -0.15) is 5.26 Å². The first-order valence-corrected chi connectivity index (χ1v) is 10.2. The second kappa shape index (κ2) is 8.38. The SMILES string of the molecule is N#CCCCn1c(Cc2ccccc2F)nc2scc(-c3ccccc3)c2c1=O. The van der Waals surface area contributed by atoms with Gasteiger partial charge in [-0.25, -0.2) is 9.37 Å². The van der Waals surface area contributed by atoms with Gasteiger partial charge in [0.25, 0.3) is 5.56 Å². The predicted octanol–water partition coefficient (Wildman–Crippen LogP) is 5.16. The van der Waals surface area contributed by atoms with E-state index in [1.54, 1.807) is 22.8 Å². The Hall–Kier alpha value is -3.30. The molecule has 29 heavy (non-hydrogen) atoms. The zero-order valence-corrected chi connectivity index (χ0v) is 16.5. The molecule has 2 aromatic carbocycles. The van der Waals surface area contributed by atoms with Crippen LogP contribution < -0.4 is 5.56 Å². The molecule has 0 aliphatic rings. The predicted molar refractivity (Wildman–Crippen MR) is 113 cm³/mol. The third-order valence-electron chi connectivity index (χ3n) is 4.83. The van der Waals surface area contributed by atoms with E-state index in [-0.39, 0.29) is 17.8 Å². The van der Waals surface area contributed by atoms with Gasteiger partial charge in [0.2, 0.25) is 0 Å². The molecule has 144 valence electrons. The third kappa shape index (κ3) is 3.82. The quantitative estimate of drug-likeness (QED) is 0.418. The smallest absolute Gasteiger partial charge is 0.262 e. The van der Waals surface area contributed by atoms with Gasteiger partial charge in [0, 0.05) is 30.3 Å². The summed E-state index contributed by atoms with van der Waals surface area (Å²) >= 11 is 1.42. The monoisotopic (exact) mass is 403 g/mol. The highest BCUT2D eigenvalue weighted by Crippen LogP contribution is 2.31. The molecule has 0 spiro atoms. The molecule has 0 fully saturated rings. The Labute approximate surface area is 171 Å². The van der Waals surface area contributed by atoms with Crippen LogP contribution in [0.5, 0.6) is 0 Å². The number of hydrogen-bond acceptors (Lipinski definition) is 4. The molecule has 2 heterocycles. The number of rotatable bonds is 6. The van der Waals surface area contributed by atoms with E-state index in [2.05, 4.69) is 6.07 Å². The fourth-order valence-electron chi connectivity index (χ4n) is 3.39. The van der Waals surface area contributed by atoms with Crippen molar-refractivity contribution < 1.29 is 4.39 Å². The van der Waals surface area contributed by atoms with Crippen LogP contribution in [0, 0.1) is 17.1 Å². The maximum absolute atomic E-state index is 14.2. The molecule has 0 amide bonds. The lowest BCUT2D eigenvalue weighted by molar-refractivity contribution is 0.582. The van der Waals surface area contributed by atoms with Crippen LogP contribution in [0.2, 0.25) is 0 Å². The molecule has 0 saturated carbocycles. The molecule has 0 unspecified atom stereocenters. The van der Waals surface area contributed by atoms with Crippen LogP contribution in [-0.4, -0.2) is 9.55 Å². The van der Waals surface area contributed by atoms with Crippen LogP contribution in [-0.2, 0) is 13.0 Å². The number of nitriles is 1. The van der Waals surface area contributed by atoms with E-state index in [9.17, 15) is 9.18 Å². The van der Waals surface area contributed by atoms with Crippen LogP contribution in [0.1, 0.15) is 24.2 Å². The highest BCUT2D eigenvalue weighted by molar-refractivity contribution is 7.17. The minimum absolute atomic E-state index is 0.139. The van der Waals surface area contributed by atoms with Crippen LogP contribution in [0.4, 0.5) is 4.39 Å². The van der Waals surface area contributed by atoms with E-state index in [1.165, 1.54) is 17.4 Å². The van der Waals surface area contributed by atoms with Crippen LogP contribution in [0.3, 0.4) is 0 Å². The normalized spacial score (nSPS) is 10.9. The van der Waals surface area contributed by atoms with E-state index in [4.69, 9.17) is 10.2 Å². The lowest BCUT2D eigenvalue weighted by atomic mass is 10.1. The maximum atomic E-state index is 14.2. The second-order valence-electron chi connectivity index (χ2n) is 6.71. The summed E-state index contributed by atoms with van der Waals surface area (Å²) in [5.74, 6) is 0.202. The number of benzene rings is 2. The second-order valence-corrected chi connectivity index (χ2v) is 7.57. The van der Waals surface area contributed by atoms with Crippen molar-refractivity contribution in [3.8, 4) is 17.2 Å². The van der Waals surface area contributed by atoms with E-state index in [0.717, 1.165) is 11.1 Å². The molecule has 4 nitrogen and oxygen atoms in total. The van der Waals surface area contributed by atoms with Gasteiger partial charge >= 0.3 is 0 Å². The molecule has 0 N–H and O–H groups in total. The highest BCUT2D eigenvalue weighted by atomic mass is 32.1. The number of thiophene rings is 1. The summed E-state index contributed by atoms with van der Waals surface area (Å²) in [5, 5.41) is 11.4. The number of nitrogens with zero attached hydrogens (tertiary/aromatic N) is 3. The number of fused-ring (bicyclic) bond motifs is 1. The molecular formula is C23H18FN3OS. The molecule has 0 aliphatic carbocycles. The topological polar surface area (TPSA) is 58.7 Å². The van der Waals surface area contributed by atoms with Gasteiger partial charge in [-0.15, -0.1) is 11.3 Å². The fourth-order valence-corrected chi connectivity index (χ4v) is 4.35. The Kier molecular flexibility index (Phi) is 5.50. The minimum atomic E-state index is -0.318. The van der Waals surface area contributed by atoms with E-state index in [1.807, 2.05) is 35.7 Å². The van der Waals surface area contributed by atoms with E-state index < -0.39 is 0 Å². The summed E-state index contributed by atoms with van der Waals surface area (Å²) in [4.78, 5) is 18.8. The molecule has 0 bridgehead atoms. The number of aromatic nitrogens is 2. The van der Waals surface area contributed by atoms with Gasteiger partial charge < -0.3 is 0 Å². The average Bonchev–Trinajstić information content (AvgIpc) is 3.17. The molecule has 2 aromatic heterocycles.